The molecule has 0 saturated carbocycles. The lowest BCUT2D eigenvalue weighted by atomic mass is 10.3. The Hall–Kier alpha value is -2.79. The molecule has 1 aromatic heterocycles. The third-order valence-corrected chi connectivity index (χ3v) is 5.14. The van der Waals surface area contributed by atoms with Crippen molar-refractivity contribution in [3.63, 3.8) is 0 Å². The molecule has 0 saturated heterocycles. The van der Waals surface area contributed by atoms with Crippen molar-refractivity contribution in [2.45, 2.75) is 11.0 Å². The maximum atomic E-state index is 13.2. The van der Waals surface area contributed by atoms with E-state index in [-0.39, 0.29) is 23.2 Å². The number of carbonyl (C=O) groups is 1. The molecule has 2 aromatic carbocycles. The lowest BCUT2D eigenvalue weighted by Gasteiger charge is -2.07. The van der Waals surface area contributed by atoms with E-state index in [0.717, 1.165) is 0 Å². The predicted molar refractivity (Wildman–Crippen MR) is 102 cm³/mol. The molecule has 0 radical (unpaired) electrons. The van der Waals surface area contributed by atoms with E-state index < -0.39 is 6.61 Å². The summed E-state index contributed by atoms with van der Waals surface area (Å²) in [6.07, 6.45) is 0. The molecular weight excluding hydrogens is 413 g/mol. The number of benzene rings is 2. The number of aromatic nitrogens is 2. The average Bonchev–Trinajstić information content (AvgIpc) is 3.09. The fourth-order valence-electron chi connectivity index (χ4n) is 2.05. The number of nitrogens with zero attached hydrogens (tertiary/aromatic N) is 2. The molecule has 28 heavy (non-hydrogen) atoms. The Balaban J connectivity index is 1.47. The van der Waals surface area contributed by atoms with E-state index in [0.29, 0.717) is 20.8 Å². The minimum atomic E-state index is -2.90. The molecule has 1 amide bonds. The highest BCUT2D eigenvalue weighted by Gasteiger charge is 2.10. The SMILES string of the molecule is O=C(CSc1nnc(Nc2cccc(F)c2)s1)Nc1ccc(OC(F)F)cc1. The highest BCUT2D eigenvalue weighted by Crippen LogP contribution is 2.28. The van der Waals surface area contributed by atoms with E-state index >= 15 is 0 Å². The van der Waals surface area contributed by atoms with Crippen LogP contribution in [0.15, 0.2) is 52.9 Å². The van der Waals surface area contributed by atoms with Gasteiger partial charge in [0.05, 0.1) is 5.75 Å². The lowest BCUT2D eigenvalue weighted by Crippen LogP contribution is -2.13. The third kappa shape index (κ3) is 6.13. The second-order valence-electron chi connectivity index (χ2n) is 5.25. The summed E-state index contributed by atoms with van der Waals surface area (Å²) in [7, 11) is 0. The molecule has 1 heterocycles. The van der Waals surface area contributed by atoms with Crippen LogP contribution >= 0.6 is 23.1 Å². The number of carbonyl (C=O) groups excluding carboxylic acids is 1. The van der Waals surface area contributed by atoms with Crippen LogP contribution in [0, 0.1) is 5.82 Å². The minimum absolute atomic E-state index is 0.00885. The zero-order chi connectivity index (χ0) is 19.9. The van der Waals surface area contributed by atoms with Crippen LogP contribution in [0.5, 0.6) is 5.75 Å². The third-order valence-electron chi connectivity index (χ3n) is 3.17. The molecule has 6 nitrogen and oxygen atoms in total. The largest absolute Gasteiger partial charge is 0.435 e. The summed E-state index contributed by atoms with van der Waals surface area (Å²) in [5.41, 5.74) is 1.00. The molecule has 3 aromatic rings. The second kappa shape index (κ2) is 9.42. The number of anilines is 3. The van der Waals surface area contributed by atoms with Crippen molar-refractivity contribution < 1.29 is 22.7 Å². The van der Waals surface area contributed by atoms with Gasteiger partial charge in [0.25, 0.3) is 0 Å². The van der Waals surface area contributed by atoms with Crippen LogP contribution in [0.1, 0.15) is 0 Å². The maximum Gasteiger partial charge on any atom is 0.387 e. The Kier molecular flexibility index (Phi) is 6.71. The summed E-state index contributed by atoms with van der Waals surface area (Å²) in [6.45, 7) is -2.90. The summed E-state index contributed by atoms with van der Waals surface area (Å²) >= 11 is 2.42. The van der Waals surface area contributed by atoms with Crippen LogP contribution in [-0.2, 0) is 4.79 Å². The minimum Gasteiger partial charge on any atom is -0.435 e. The van der Waals surface area contributed by atoms with Gasteiger partial charge in [0.15, 0.2) is 4.34 Å². The van der Waals surface area contributed by atoms with E-state index in [4.69, 9.17) is 0 Å². The molecule has 0 aliphatic heterocycles. The monoisotopic (exact) mass is 426 g/mol. The molecule has 3 rings (SSSR count). The average molecular weight is 426 g/mol. The fourth-order valence-corrected chi connectivity index (χ4v) is 3.62. The van der Waals surface area contributed by atoms with Gasteiger partial charge < -0.3 is 15.4 Å². The number of amides is 1. The van der Waals surface area contributed by atoms with Gasteiger partial charge in [0.2, 0.25) is 11.0 Å². The van der Waals surface area contributed by atoms with Crippen molar-refractivity contribution in [3.05, 3.63) is 54.3 Å². The van der Waals surface area contributed by atoms with Crippen molar-refractivity contribution in [3.8, 4) is 5.75 Å². The topological polar surface area (TPSA) is 76.1 Å². The Morgan fingerprint density at radius 3 is 2.64 bits per heavy atom. The molecule has 0 spiro atoms. The van der Waals surface area contributed by atoms with Crippen LogP contribution in [-0.4, -0.2) is 28.5 Å². The number of alkyl halides is 2. The van der Waals surface area contributed by atoms with Gasteiger partial charge in [-0.15, -0.1) is 10.2 Å². The van der Waals surface area contributed by atoms with Gasteiger partial charge in [-0.25, -0.2) is 4.39 Å². The van der Waals surface area contributed by atoms with E-state index in [9.17, 15) is 18.0 Å². The summed E-state index contributed by atoms with van der Waals surface area (Å²) < 4.78 is 42.2. The first-order chi connectivity index (χ1) is 13.5. The molecule has 0 aliphatic rings. The zero-order valence-electron chi connectivity index (χ0n) is 14.1. The number of ether oxygens (including phenoxy) is 1. The number of thioether (sulfide) groups is 1. The molecule has 0 aliphatic carbocycles. The van der Waals surface area contributed by atoms with Gasteiger partial charge in [-0.2, -0.15) is 8.78 Å². The molecule has 0 atom stereocenters. The molecule has 11 heteroatoms. The van der Waals surface area contributed by atoms with Crippen molar-refractivity contribution in [1.29, 1.82) is 0 Å². The molecule has 0 unspecified atom stereocenters. The van der Waals surface area contributed by atoms with Crippen LogP contribution in [0.25, 0.3) is 0 Å². The Labute approximate surface area is 166 Å². The molecule has 0 bridgehead atoms. The van der Waals surface area contributed by atoms with Crippen molar-refractivity contribution in [2.24, 2.45) is 0 Å². The van der Waals surface area contributed by atoms with Gasteiger partial charge in [-0.1, -0.05) is 29.2 Å². The van der Waals surface area contributed by atoms with Crippen LogP contribution in [0.2, 0.25) is 0 Å². The van der Waals surface area contributed by atoms with Gasteiger partial charge in [0, 0.05) is 11.4 Å². The van der Waals surface area contributed by atoms with Gasteiger partial charge in [-0.05, 0) is 42.5 Å². The maximum absolute atomic E-state index is 13.2. The first kappa shape index (κ1) is 20.0. The Morgan fingerprint density at radius 1 is 1.14 bits per heavy atom. The summed E-state index contributed by atoms with van der Waals surface area (Å²) in [4.78, 5) is 12.0. The number of rotatable bonds is 8. The van der Waals surface area contributed by atoms with Gasteiger partial charge >= 0.3 is 6.61 Å². The van der Waals surface area contributed by atoms with Crippen LogP contribution in [0.4, 0.5) is 29.7 Å². The standard InChI is InChI=1S/C17H13F3N4O2S2/c18-10-2-1-3-12(8-10)22-16-23-24-17(28-16)27-9-14(25)21-11-4-6-13(7-5-11)26-15(19)20/h1-8,15H,9H2,(H,21,25)(H,22,23). The highest BCUT2D eigenvalue weighted by atomic mass is 32.2. The first-order valence-electron chi connectivity index (χ1n) is 7.81. The number of hydrogen-bond donors (Lipinski definition) is 2. The Morgan fingerprint density at radius 2 is 1.93 bits per heavy atom. The van der Waals surface area contributed by atoms with Gasteiger partial charge in [0.1, 0.15) is 11.6 Å². The molecule has 2 N–H and O–H groups in total. The number of hydrogen-bond acceptors (Lipinski definition) is 7. The summed E-state index contributed by atoms with van der Waals surface area (Å²) in [6, 6.07) is 11.5. The number of halogens is 3. The van der Waals surface area contributed by atoms with E-state index in [1.165, 1.54) is 59.5 Å². The normalized spacial score (nSPS) is 10.7. The van der Waals surface area contributed by atoms with Gasteiger partial charge in [-0.3, -0.25) is 4.79 Å². The lowest BCUT2D eigenvalue weighted by molar-refractivity contribution is -0.113. The predicted octanol–water partition coefficient (Wildman–Crippen LogP) is 4.75. The summed E-state index contributed by atoms with van der Waals surface area (Å²) in [5, 5.41) is 14.0. The second-order valence-corrected chi connectivity index (χ2v) is 7.45. The van der Waals surface area contributed by atoms with Crippen LogP contribution in [0.3, 0.4) is 0 Å². The van der Waals surface area contributed by atoms with E-state index in [1.54, 1.807) is 12.1 Å². The molecule has 146 valence electrons. The highest BCUT2D eigenvalue weighted by molar-refractivity contribution is 8.01. The Bertz CT molecular complexity index is 938. The van der Waals surface area contributed by atoms with E-state index in [1.807, 2.05) is 0 Å². The van der Waals surface area contributed by atoms with Crippen molar-refractivity contribution in [1.82, 2.24) is 10.2 Å². The fraction of sp³-hybridized carbons (Fsp3) is 0.118. The van der Waals surface area contributed by atoms with Crippen molar-refractivity contribution in [2.75, 3.05) is 16.4 Å². The smallest absolute Gasteiger partial charge is 0.387 e. The zero-order valence-corrected chi connectivity index (χ0v) is 15.7. The number of nitrogens with one attached hydrogen (secondary N) is 2. The van der Waals surface area contributed by atoms with E-state index in [2.05, 4.69) is 25.6 Å². The molecular formula is C17H13F3N4O2S2. The summed E-state index contributed by atoms with van der Waals surface area (Å²) in [5.74, 6) is -0.560. The van der Waals surface area contributed by atoms with Crippen molar-refractivity contribution >= 4 is 45.5 Å². The first-order valence-corrected chi connectivity index (χ1v) is 9.62. The molecule has 0 fully saturated rings. The quantitative estimate of drug-likeness (QED) is 0.506. The van der Waals surface area contributed by atoms with Crippen LogP contribution < -0.4 is 15.4 Å².